The summed E-state index contributed by atoms with van der Waals surface area (Å²) >= 11 is 0. The van der Waals surface area contributed by atoms with Crippen molar-refractivity contribution in [2.45, 2.75) is 0 Å². The molecule has 0 saturated carbocycles. The van der Waals surface area contributed by atoms with Crippen molar-refractivity contribution < 1.29 is 4.74 Å². The summed E-state index contributed by atoms with van der Waals surface area (Å²) < 4.78 is 6.61. The summed E-state index contributed by atoms with van der Waals surface area (Å²) in [6.45, 7) is 0. The van der Waals surface area contributed by atoms with Gasteiger partial charge in [0, 0.05) is 11.8 Å². The molecule has 14 heavy (non-hydrogen) atoms. The van der Waals surface area contributed by atoms with Crippen LogP contribution in [-0.4, -0.2) is 27.5 Å². The molecule has 3 N–H and O–H groups in total. The van der Waals surface area contributed by atoms with E-state index in [1.165, 1.54) is 13.4 Å². The zero-order chi connectivity index (χ0) is 10.1. The molecule has 2 heterocycles. The lowest BCUT2D eigenvalue weighted by molar-refractivity contribution is 0.399. The van der Waals surface area contributed by atoms with Crippen LogP contribution in [0.5, 0.6) is 5.88 Å². The van der Waals surface area contributed by atoms with Gasteiger partial charge in [0.2, 0.25) is 5.88 Å². The Kier molecular flexibility index (Phi) is 1.81. The first-order valence-corrected chi connectivity index (χ1v) is 3.94. The minimum Gasteiger partial charge on any atom is -0.479 e. The van der Waals surface area contributed by atoms with Crippen molar-refractivity contribution in [3.05, 3.63) is 24.2 Å². The molecular formula is C8H9N5O. The Balaban J connectivity index is 2.70. The van der Waals surface area contributed by atoms with E-state index in [2.05, 4.69) is 10.1 Å². The van der Waals surface area contributed by atoms with Gasteiger partial charge in [-0.3, -0.25) is 5.41 Å². The van der Waals surface area contributed by atoms with Crippen LogP contribution in [0.4, 0.5) is 0 Å². The molecular weight excluding hydrogens is 182 g/mol. The molecule has 0 aliphatic carbocycles. The van der Waals surface area contributed by atoms with Crippen LogP contribution < -0.4 is 10.5 Å². The first kappa shape index (κ1) is 8.49. The van der Waals surface area contributed by atoms with E-state index in [4.69, 9.17) is 15.9 Å². The molecule has 2 aromatic rings. The molecule has 0 amide bonds. The molecule has 0 unspecified atom stereocenters. The monoisotopic (exact) mass is 191 g/mol. The van der Waals surface area contributed by atoms with Gasteiger partial charge in [-0.25, -0.2) is 4.52 Å². The molecule has 0 aromatic carbocycles. The zero-order valence-corrected chi connectivity index (χ0v) is 7.56. The highest BCUT2D eigenvalue weighted by Gasteiger charge is 2.07. The number of amidine groups is 1. The van der Waals surface area contributed by atoms with E-state index in [0.717, 1.165) is 0 Å². The van der Waals surface area contributed by atoms with Crippen LogP contribution in [0.1, 0.15) is 5.56 Å². The highest BCUT2D eigenvalue weighted by Crippen LogP contribution is 2.16. The number of nitrogens with zero attached hydrogens (tertiary/aromatic N) is 3. The van der Waals surface area contributed by atoms with E-state index in [9.17, 15) is 0 Å². The number of fused-ring (bicyclic) bond motifs is 1. The fourth-order valence-corrected chi connectivity index (χ4v) is 1.21. The molecule has 0 spiro atoms. The number of hydrogen-bond donors (Lipinski definition) is 2. The topological polar surface area (TPSA) is 89.3 Å². The summed E-state index contributed by atoms with van der Waals surface area (Å²) in [5.41, 5.74) is 6.65. The number of rotatable bonds is 2. The van der Waals surface area contributed by atoms with Crippen molar-refractivity contribution in [2.24, 2.45) is 5.73 Å². The average Bonchev–Trinajstić information content (AvgIpc) is 2.60. The second-order valence-corrected chi connectivity index (χ2v) is 2.74. The van der Waals surface area contributed by atoms with Crippen molar-refractivity contribution in [3.63, 3.8) is 0 Å². The van der Waals surface area contributed by atoms with Crippen LogP contribution in [-0.2, 0) is 0 Å². The van der Waals surface area contributed by atoms with Crippen LogP contribution >= 0.6 is 0 Å². The van der Waals surface area contributed by atoms with Crippen molar-refractivity contribution in [1.82, 2.24) is 14.6 Å². The summed E-state index contributed by atoms with van der Waals surface area (Å²) in [5, 5.41) is 11.2. The Labute approximate surface area is 79.8 Å². The number of nitrogens with two attached hydrogens (primary N) is 1. The molecule has 6 heteroatoms. The molecule has 0 radical (unpaired) electrons. The largest absolute Gasteiger partial charge is 0.479 e. The van der Waals surface area contributed by atoms with Gasteiger partial charge in [0.05, 0.1) is 7.11 Å². The van der Waals surface area contributed by atoms with Gasteiger partial charge in [0.15, 0.2) is 0 Å². The van der Waals surface area contributed by atoms with Crippen molar-refractivity contribution in [1.29, 1.82) is 5.41 Å². The van der Waals surface area contributed by atoms with Gasteiger partial charge < -0.3 is 10.5 Å². The van der Waals surface area contributed by atoms with Crippen molar-refractivity contribution >= 4 is 11.4 Å². The number of ether oxygens (including phenoxy) is 1. The molecule has 0 atom stereocenters. The number of aromatic nitrogens is 3. The third kappa shape index (κ3) is 1.17. The zero-order valence-electron chi connectivity index (χ0n) is 7.56. The van der Waals surface area contributed by atoms with Crippen molar-refractivity contribution in [3.8, 4) is 5.88 Å². The van der Waals surface area contributed by atoms with Crippen LogP contribution in [0.2, 0.25) is 0 Å². The molecule has 2 aromatic heterocycles. The lowest BCUT2D eigenvalue weighted by atomic mass is 10.3. The summed E-state index contributed by atoms with van der Waals surface area (Å²) in [7, 11) is 1.53. The standard InChI is InChI=1S/C8H9N5O/c1-14-8-6-2-5(7(9)10)3-13(6)12-4-11-8/h2-4H,1H3,(H3,9,10). The molecule has 0 fully saturated rings. The quantitative estimate of drug-likeness (QED) is 0.517. The van der Waals surface area contributed by atoms with Crippen LogP contribution in [0.3, 0.4) is 0 Å². The van der Waals surface area contributed by atoms with Crippen LogP contribution in [0, 0.1) is 5.41 Å². The van der Waals surface area contributed by atoms with E-state index in [-0.39, 0.29) is 5.84 Å². The van der Waals surface area contributed by atoms with Gasteiger partial charge in [0.1, 0.15) is 17.7 Å². The molecule has 0 aliphatic rings. The minimum absolute atomic E-state index is 0.00227. The first-order valence-electron chi connectivity index (χ1n) is 3.94. The predicted octanol–water partition coefficient (Wildman–Crippen LogP) is 0.0220. The molecule has 72 valence electrons. The predicted molar refractivity (Wildman–Crippen MR) is 50.6 cm³/mol. The van der Waals surface area contributed by atoms with E-state index in [1.807, 2.05) is 0 Å². The van der Waals surface area contributed by atoms with Gasteiger partial charge in [-0.2, -0.15) is 10.1 Å². The number of nitrogens with one attached hydrogen (secondary N) is 1. The third-order valence-electron chi connectivity index (χ3n) is 1.87. The average molecular weight is 191 g/mol. The molecule has 2 rings (SSSR count). The lowest BCUT2D eigenvalue weighted by Crippen LogP contribution is -2.09. The van der Waals surface area contributed by atoms with Gasteiger partial charge in [0.25, 0.3) is 0 Å². The van der Waals surface area contributed by atoms with Gasteiger partial charge in [-0.05, 0) is 6.07 Å². The molecule has 0 bridgehead atoms. The minimum atomic E-state index is -0.00227. The SMILES string of the molecule is COc1ncnn2cc(C(=N)N)cc12. The van der Waals surface area contributed by atoms with Gasteiger partial charge >= 0.3 is 0 Å². The smallest absolute Gasteiger partial charge is 0.241 e. The highest BCUT2D eigenvalue weighted by atomic mass is 16.5. The van der Waals surface area contributed by atoms with Crippen molar-refractivity contribution in [2.75, 3.05) is 7.11 Å². The molecule has 0 aliphatic heterocycles. The summed E-state index contributed by atoms with van der Waals surface area (Å²) in [6.07, 6.45) is 3.04. The maximum absolute atomic E-state index is 7.27. The Bertz CT molecular complexity index is 489. The van der Waals surface area contributed by atoms with Gasteiger partial charge in [-0.15, -0.1) is 0 Å². The summed E-state index contributed by atoms with van der Waals surface area (Å²) in [6, 6.07) is 1.71. The van der Waals surface area contributed by atoms with E-state index in [1.54, 1.807) is 16.8 Å². The Morgan fingerprint density at radius 3 is 3.07 bits per heavy atom. The normalized spacial score (nSPS) is 10.4. The molecule has 6 nitrogen and oxygen atoms in total. The molecule has 0 saturated heterocycles. The van der Waals surface area contributed by atoms with E-state index < -0.39 is 0 Å². The number of methoxy groups -OCH3 is 1. The second kappa shape index (κ2) is 2.99. The Morgan fingerprint density at radius 1 is 1.64 bits per heavy atom. The maximum Gasteiger partial charge on any atom is 0.241 e. The Morgan fingerprint density at radius 2 is 2.43 bits per heavy atom. The maximum atomic E-state index is 7.27. The highest BCUT2D eigenvalue weighted by molar-refractivity contribution is 5.96. The third-order valence-corrected chi connectivity index (χ3v) is 1.87. The fourth-order valence-electron chi connectivity index (χ4n) is 1.21. The second-order valence-electron chi connectivity index (χ2n) is 2.74. The summed E-state index contributed by atoms with van der Waals surface area (Å²) in [5.74, 6) is 0.463. The summed E-state index contributed by atoms with van der Waals surface area (Å²) in [4.78, 5) is 3.93. The van der Waals surface area contributed by atoms with Gasteiger partial charge in [-0.1, -0.05) is 0 Å². The van der Waals surface area contributed by atoms with E-state index >= 15 is 0 Å². The van der Waals surface area contributed by atoms with Crippen LogP contribution in [0.15, 0.2) is 18.6 Å². The number of nitrogen functional groups attached to an aromatic ring is 1. The van der Waals surface area contributed by atoms with E-state index in [0.29, 0.717) is 17.0 Å². The number of hydrogen-bond acceptors (Lipinski definition) is 4. The first-order chi connectivity index (χ1) is 6.72. The lowest BCUT2D eigenvalue weighted by Gasteiger charge is -1.98. The Hall–Kier alpha value is -2.11. The fraction of sp³-hybridized carbons (Fsp3) is 0.125. The van der Waals surface area contributed by atoms with Crippen LogP contribution in [0.25, 0.3) is 5.52 Å².